The van der Waals surface area contributed by atoms with E-state index in [0.717, 1.165) is 0 Å². The minimum Gasteiger partial charge on any atom is -0.507 e. The standard InChI is InChI=1S/C18H16O8/c1-6-5-7(19)8-10(16(6)24-2)13(21)11-9(12(8)20)14(22)18(26-4)15(23)17(11)25-3/h5,19,22-23H,1-4H3. The van der Waals surface area contributed by atoms with Crippen LogP contribution in [0.2, 0.25) is 0 Å². The maximum atomic E-state index is 13.1. The van der Waals surface area contributed by atoms with Gasteiger partial charge in [0, 0.05) is 0 Å². The van der Waals surface area contributed by atoms with Crippen LogP contribution in [0.25, 0.3) is 0 Å². The summed E-state index contributed by atoms with van der Waals surface area (Å²) in [5, 5.41) is 30.9. The molecule has 1 aliphatic carbocycles. The molecular weight excluding hydrogens is 344 g/mol. The van der Waals surface area contributed by atoms with Crippen molar-refractivity contribution in [3.05, 3.63) is 33.9 Å². The number of carbonyl (C=O) groups excluding carboxylic acids is 2. The van der Waals surface area contributed by atoms with Crippen LogP contribution in [0.5, 0.6) is 34.5 Å². The third-order valence-electron chi connectivity index (χ3n) is 4.32. The molecule has 0 heterocycles. The van der Waals surface area contributed by atoms with Crippen molar-refractivity contribution in [2.75, 3.05) is 21.3 Å². The van der Waals surface area contributed by atoms with Crippen LogP contribution in [0, 0.1) is 6.92 Å². The summed E-state index contributed by atoms with van der Waals surface area (Å²) in [5.41, 5.74) is -0.770. The molecule has 1 aliphatic rings. The Balaban J connectivity index is 2.51. The van der Waals surface area contributed by atoms with Crippen molar-refractivity contribution in [3.8, 4) is 34.5 Å². The number of fused-ring (bicyclic) bond motifs is 2. The first-order valence-electron chi connectivity index (χ1n) is 7.49. The van der Waals surface area contributed by atoms with Gasteiger partial charge in [-0.05, 0) is 18.6 Å². The molecule has 26 heavy (non-hydrogen) atoms. The Kier molecular flexibility index (Phi) is 3.91. The molecule has 0 amide bonds. The smallest absolute Gasteiger partial charge is 0.207 e. The predicted molar refractivity (Wildman–Crippen MR) is 89.1 cm³/mol. The molecule has 0 atom stereocenters. The highest BCUT2D eigenvalue weighted by molar-refractivity contribution is 6.32. The summed E-state index contributed by atoms with van der Waals surface area (Å²) in [6, 6.07) is 1.29. The van der Waals surface area contributed by atoms with Crippen LogP contribution in [0.15, 0.2) is 6.07 Å². The molecule has 8 nitrogen and oxygen atoms in total. The molecule has 0 fully saturated rings. The zero-order chi connectivity index (χ0) is 19.3. The largest absolute Gasteiger partial charge is 0.507 e. The molecule has 3 rings (SSSR count). The van der Waals surface area contributed by atoms with E-state index in [9.17, 15) is 24.9 Å². The third-order valence-corrected chi connectivity index (χ3v) is 4.32. The number of rotatable bonds is 3. The van der Waals surface area contributed by atoms with Crippen LogP contribution < -0.4 is 14.2 Å². The molecule has 0 aliphatic heterocycles. The van der Waals surface area contributed by atoms with Crippen molar-refractivity contribution in [1.29, 1.82) is 0 Å². The molecule has 0 aromatic heterocycles. The van der Waals surface area contributed by atoms with E-state index in [1.807, 2.05) is 0 Å². The average molecular weight is 360 g/mol. The monoisotopic (exact) mass is 360 g/mol. The normalized spacial score (nSPS) is 12.5. The van der Waals surface area contributed by atoms with Crippen molar-refractivity contribution in [2.45, 2.75) is 6.92 Å². The Morgan fingerprint density at radius 3 is 1.73 bits per heavy atom. The number of phenols is 3. The Morgan fingerprint density at radius 2 is 1.19 bits per heavy atom. The molecule has 0 spiro atoms. The summed E-state index contributed by atoms with van der Waals surface area (Å²) in [5.74, 6) is -3.94. The van der Waals surface area contributed by atoms with Gasteiger partial charge in [-0.25, -0.2) is 0 Å². The van der Waals surface area contributed by atoms with Gasteiger partial charge in [0.25, 0.3) is 0 Å². The van der Waals surface area contributed by atoms with Crippen molar-refractivity contribution in [1.82, 2.24) is 0 Å². The first-order chi connectivity index (χ1) is 12.3. The molecule has 0 unspecified atom stereocenters. The fourth-order valence-electron chi connectivity index (χ4n) is 3.25. The fraction of sp³-hybridized carbons (Fsp3) is 0.222. The summed E-state index contributed by atoms with van der Waals surface area (Å²) < 4.78 is 15.2. The number of hydrogen-bond acceptors (Lipinski definition) is 8. The van der Waals surface area contributed by atoms with E-state index in [2.05, 4.69) is 0 Å². The zero-order valence-corrected chi connectivity index (χ0v) is 14.5. The van der Waals surface area contributed by atoms with Crippen molar-refractivity contribution >= 4 is 11.6 Å². The topological polar surface area (TPSA) is 123 Å². The van der Waals surface area contributed by atoms with Crippen LogP contribution >= 0.6 is 0 Å². The lowest BCUT2D eigenvalue weighted by Crippen LogP contribution is -2.23. The van der Waals surface area contributed by atoms with E-state index in [1.165, 1.54) is 27.4 Å². The summed E-state index contributed by atoms with van der Waals surface area (Å²) in [4.78, 5) is 26.1. The Bertz CT molecular complexity index is 974. The number of methoxy groups -OCH3 is 3. The molecule has 0 bridgehead atoms. The van der Waals surface area contributed by atoms with Crippen LogP contribution in [-0.4, -0.2) is 48.2 Å². The van der Waals surface area contributed by atoms with Gasteiger partial charge in [0.15, 0.2) is 11.5 Å². The van der Waals surface area contributed by atoms with E-state index < -0.39 is 40.1 Å². The number of aromatic hydroxyl groups is 3. The number of hydrogen-bond donors (Lipinski definition) is 3. The number of carbonyl (C=O) groups is 2. The lowest BCUT2D eigenvalue weighted by molar-refractivity contribution is 0.0967. The van der Waals surface area contributed by atoms with Gasteiger partial charge in [0.2, 0.25) is 23.1 Å². The molecular formula is C18H16O8. The Hall–Kier alpha value is -3.42. The maximum Gasteiger partial charge on any atom is 0.207 e. The molecule has 2 aromatic rings. The van der Waals surface area contributed by atoms with Crippen LogP contribution in [0.1, 0.15) is 37.4 Å². The fourth-order valence-corrected chi connectivity index (χ4v) is 3.25. The van der Waals surface area contributed by atoms with Crippen LogP contribution in [0.3, 0.4) is 0 Å². The van der Waals surface area contributed by atoms with E-state index in [0.29, 0.717) is 5.56 Å². The van der Waals surface area contributed by atoms with E-state index in [-0.39, 0.29) is 28.2 Å². The quantitative estimate of drug-likeness (QED) is 0.647. The number of ether oxygens (including phenoxy) is 3. The van der Waals surface area contributed by atoms with Crippen molar-refractivity contribution in [3.63, 3.8) is 0 Å². The van der Waals surface area contributed by atoms with E-state index in [1.54, 1.807) is 6.92 Å². The number of benzene rings is 2. The van der Waals surface area contributed by atoms with Gasteiger partial charge >= 0.3 is 0 Å². The minimum absolute atomic E-state index is 0.110. The Labute approximate surface area is 148 Å². The average Bonchev–Trinajstić information content (AvgIpc) is 2.59. The summed E-state index contributed by atoms with van der Waals surface area (Å²) in [6.45, 7) is 1.60. The second kappa shape index (κ2) is 5.83. The molecule has 0 saturated heterocycles. The van der Waals surface area contributed by atoms with Gasteiger partial charge in [0.05, 0.1) is 43.6 Å². The number of ketones is 2. The highest BCUT2D eigenvalue weighted by Crippen LogP contribution is 2.53. The van der Waals surface area contributed by atoms with Gasteiger partial charge in [-0.2, -0.15) is 0 Å². The second-order valence-electron chi connectivity index (χ2n) is 5.67. The van der Waals surface area contributed by atoms with Gasteiger partial charge in [-0.3, -0.25) is 9.59 Å². The molecule has 8 heteroatoms. The number of phenolic OH excluding ortho intramolecular Hbond substituents is 3. The lowest BCUT2D eigenvalue weighted by Gasteiger charge is -2.25. The second-order valence-corrected chi connectivity index (χ2v) is 5.67. The molecule has 2 aromatic carbocycles. The highest BCUT2D eigenvalue weighted by atomic mass is 16.5. The summed E-state index contributed by atoms with van der Waals surface area (Å²) in [6.07, 6.45) is 0. The van der Waals surface area contributed by atoms with Crippen LogP contribution in [0.4, 0.5) is 0 Å². The molecule has 0 radical (unpaired) electrons. The highest BCUT2D eigenvalue weighted by Gasteiger charge is 2.42. The summed E-state index contributed by atoms with van der Waals surface area (Å²) in [7, 11) is 3.70. The predicted octanol–water partition coefficient (Wildman–Crippen LogP) is 1.91. The first kappa shape index (κ1) is 17.4. The molecule has 3 N–H and O–H groups in total. The van der Waals surface area contributed by atoms with Crippen molar-refractivity contribution < 1.29 is 39.1 Å². The van der Waals surface area contributed by atoms with Gasteiger partial charge in [-0.1, -0.05) is 0 Å². The Morgan fingerprint density at radius 1 is 0.692 bits per heavy atom. The zero-order valence-electron chi connectivity index (χ0n) is 14.5. The van der Waals surface area contributed by atoms with Crippen LogP contribution in [-0.2, 0) is 0 Å². The van der Waals surface area contributed by atoms with E-state index in [4.69, 9.17) is 14.2 Å². The van der Waals surface area contributed by atoms with Gasteiger partial charge < -0.3 is 29.5 Å². The third kappa shape index (κ3) is 2.01. The first-order valence-corrected chi connectivity index (χ1v) is 7.49. The van der Waals surface area contributed by atoms with Gasteiger partial charge in [-0.15, -0.1) is 0 Å². The maximum absolute atomic E-state index is 13.1. The summed E-state index contributed by atoms with van der Waals surface area (Å²) >= 11 is 0. The van der Waals surface area contributed by atoms with Crippen molar-refractivity contribution in [2.24, 2.45) is 0 Å². The molecule has 136 valence electrons. The lowest BCUT2D eigenvalue weighted by atomic mass is 9.80. The minimum atomic E-state index is -0.820. The van der Waals surface area contributed by atoms with E-state index >= 15 is 0 Å². The SMILES string of the molecule is COc1c(O)c(OC)c2c(c1O)C(=O)c1c(O)cc(C)c(OC)c1C2=O. The van der Waals surface area contributed by atoms with Gasteiger partial charge in [0.1, 0.15) is 11.5 Å². The number of aryl methyl sites for hydroxylation is 1. The molecule has 0 saturated carbocycles.